The van der Waals surface area contributed by atoms with Crippen molar-refractivity contribution in [3.63, 3.8) is 0 Å². The molecule has 0 saturated carbocycles. The molecule has 6 heteroatoms. The number of anilines is 2. The fraction of sp³-hybridized carbons (Fsp3) is 0.385. The van der Waals surface area contributed by atoms with Crippen LogP contribution in [0.4, 0.5) is 11.6 Å². The molecule has 0 aliphatic heterocycles. The minimum absolute atomic E-state index is 0.632. The van der Waals surface area contributed by atoms with Crippen molar-refractivity contribution < 1.29 is 0 Å². The minimum Gasteiger partial charge on any atom is -0.365 e. The number of hydrogen-bond donors (Lipinski definition) is 3. The van der Waals surface area contributed by atoms with Crippen LogP contribution in [0.5, 0.6) is 0 Å². The van der Waals surface area contributed by atoms with Gasteiger partial charge in [-0.3, -0.25) is 0 Å². The molecule has 0 aromatic carbocycles. The number of rotatable bonds is 5. The average Bonchev–Trinajstić information content (AvgIpc) is 2.75. The number of nitrogens with two attached hydrogens (primary N) is 1. The van der Waals surface area contributed by atoms with Gasteiger partial charge in [0.15, 0.2) is 0 Å². The van der Waals surface area contributed by atoms with Gasteiger partial charge in [-0.15, -0.1) is 11.3 Å². The summed E-state index contributed by atoms with van der Waals surface area (Å²) >= 11 is 1.81. The number of aromatic nitrogens is 2. The van der Waals surface area contributed by atoms with Gasteiger partial charge in [-0.25, -0.2) is 15.8 Å². The first-order valence-electron chi connectivity index (χ1n) is 6.26. The highest BCUT2D eigenvalue weighted by Crippen LogP contribution is 2.21. The molecule has 0 amide bonds. The highest BCUT2D eigenvalue weighted by atomic mass is 32.1. The van der Waals surface area contributed by atoms with Crippen LogP contribution in [0, 0.1) is 13.8 Å². The summed E-state index contributed by atoms with van der Waals surface area (Å²) in [7, 11) is 0. The first-order chi connectivity index (χ1) is 9.12. The first kappa shape index (κ1) is 13.8. The van der Waals surface area contributed by atoms with Crippen LogP contribution in [0.2, 0.25) is 0 Å². The largest absolute Gasteiger partial charge is 0.365 e. The number of hydrogen-bond acceptors (Lipinski definition) is 6. The van der Waals surface area contributed by atoms with Crippen LogP contribution < -0.4 is 16.6 Å². The third kappa shape index (κ3) is 3.42. The maximum Gasteiger partial charge on any atom is 0.145 e. The molecule has 2 aromatic rings. The topological polar surface area (TPSA) is 75.9 Å². The molecule has 2 aromatic heterocycles. The molecular weight excluding hydrogens is 258 g/mol. The van der Waals surface area contributed by atoms with E-state index in [1.54, 1.807) is 0 Å². The molecule has 0 radical (unpaired) electrons. The second-order valence-corrected chi connectivity index (χ2v) is 5.70. The first-order valence-corrected chi connectivity index (χ1v) is 7.08. The highest BCUT2D eigenvalue weighted by molar-refractivity contribution is 7.12. The third-order valence-electron chi connectivity index (χ3n) is 2.90. The molecule has 5 nitrogen and oxygen atoms in total. The Morgan fingerprint density at radius 2 is 1.95 bits per heavy atom. The molecule has 102 valence electrons. The van der Waals surface area contributed by atoms with E-state index in [9.17, 15) is 0 Å². The summed E-state index contributed by atoms with van der Waals surface area (Å²) in [5, 5.41) is 3.31. The zero-order valence-corrected chi connectivity index (χ0v) is 12.3. The lowest BCUT2D eigenvalue weighted by Gasteiger charge is -2.08. The van der Waals surface area contributed by atoms with Gasteiger partial charge < -0.3 is 10.7 Å². The minimum atomic E-state index is 0.632. The highest BCUT2D eigenvalue weighted by Gasteiger charge is 2.05. The lowest BCUT2D eigenvalue weighted by molar-refractivity contribution is 0.932. The van der Waals surface area contributed by atoms with Gasteiger partial charge >= 0.3 is 0 Å². The molecule has 0 aliphatic rings. The smallest absolute Gasteiger partial charge is 0.145 e. The SMILES string of the molecule is CCc1nc(NN)cc(NCc2cc(C)c(C)s2)n1. The van der Waals surface area contributed by atoms with Crippen LogP contribution in [0.1, 0.15) is 28.1 Å². The van der Waals surface area contributed by atoms with Crippen LogP contribution in [-0.2, 0) is 13.0 Å². The van der Waals surface area contributed by atoms with Gasteiger partial charge in [0.1, 0.15) is 17.5 Å². The zero-order chi connectivity index (χ0) is 13.8. The molecule has 0 aliphatic carbocycles. The van der Waals surface area contributed by atoms with E-state index in [0.29, 0.717) is 5.82 Å². The Balaban J connectivity index is 2.10. The average molecular weight is 277 g/mol. The van der Waals surface area contributed by atoms with Crippen molar-refractivity contribution in [2.45, 2.75) is 33.7 Å². The summed E-state index contributed by atoms with van der Waals surface area (Å²) in [5.41, 5.74) is 3.90. The summed E-state index contributed by atoms with van der Waals surface area (Å²) in [6.45, 7) is 7.06. The maximum absolute atomic E-state index is 5.41. The van der Waals surface area contributed by atoms with Gasteiger partial charge in [0.25, 0.3) is 0 Å². The molecule has 19 heavy (non-hydrogen) atoms. The second kappa shape index (κ2) is 5.99. The fourth-order valence-electron chi connectivity index (χ4n) is 1.73. The van der Waals surface area contributed by atoms with E-state index < -0.39 is 0 Å². The van der Waals surface area contributed by atoms with Gasteiger partial charge in [-0.2, -0.15) is 0 Å². The predicted octanol–water partition coefficient (Wildman–Crippen LogP) is 2.62. The molecule has 0 saturated heterocycles. The lowest BCUT2D eigenvalue weighted by atomic mass is 10.3. The molecule has 0 atom stereocenters. The molecule has 0 spiro atoms. The Hall–Kier alpha value is -1.66. The van der Waals surface area contributed by atoms with E-state index in [2.05, 4.69) is 40.6 Å². The summed E-state index contributed by atoms with van der Waals surface area (Å²) in [5.74, 6) is 7.61. The van der Waals surface area contributed by atoms with Crippen LogP contribution in [0.15, 0.2) is 12.1 Å². The molecule has 0 unspecified atom stereocenters. The van der Waals surface area contributed by atoms with E-state index in [4.69, 9.17) is 5.84 Å². The predicted molar refractivity (Wildman–Crippen MR) is 80.3 cm³/mol. The second-order valence-electron chi connectivity index (χ2n) is 4.36. The summed E-state index contributed by atoms with van der Waals surface area (Å²) in [6.07, 6.45) is 0.779. The third-order valence-corrected chi connectivity index (χ3v) is 4.05. The van der Waals surface area contributed by atoms with Gasteiger partial charge in [0, 0.05) is 22.2 Å². The van der Waals surface area contributed by atoms with Crippen LogP contribution in [0.25, 0.3) is 0 Å². The summed E-state index contributed by atoms with van der Waals surface area (Å²) in [4.78, 5) is 11.3. The number of aryl methyl sites for hydroxylation is 3. The number of nitrogens with one attached hydrogen (secondary N) is 2. The van der Waals surface area contributed by atoms with Gasteiger partial charge in [-0.1, -0.05) is 6.92 Å². The van der Waals surface area contributed by atoms with E-state index in [-0.39, 0.29) is 0 Å². The molecule has 4 N–H and O–H groups in total. The van der Waals surface area contributed by atoms with Crippen molar-refractivity contribution in [2.75, 3.05) is 10.7 Å². The van der Waals surface area contributed by atoms with E-state index in [1.165, 1.54) is 15.3 Å². The van der Waals surface area contributed by atoms with Crippen molar-refractivity contribution in [3.05, 3.63) is 33.3 Å². The van der Waals surface area contributed by atoms with Crippen molar-refractivity contribution >= 4 is 23.0 Å². The molecule has 2 rings (SSSR count). The maximum atomic E-state index is 5.41. The number of nitrogens with zero attached hydrogens (tertiary/aromatic N) is 2. The Labute approximate surface area is 117 Å². The van der Waals surface area contributed by atoms with Crippen molar-refractivity contribution in [1.29, 1.82) is 0 Å². The molecular formula is C13H19N5S. The van der Waals surface area contributed by atoms with Crippen molar-refractivity contribution in [3.8, 4) is 0 Å². The Morgan fingerprint density at radius 3 is 2.53 bits per heavy atom. The van der Waals surface area contributed by atoms with Crippen LogP contribution in [0.3, 0.4) is 0 Å². The van der Waals surface area contributed by atoms with Crippen LogP contribution >= 0.6 is 11.3 Å². The van der Waals surface area contributed by atoms with E-state index in [0.717, 1.165) is 24.6 Å². The summed E-state index contributed by atoms with van der Waals surface area (Å²) in [6, 6.07) is 4.02. The van der Waals surface area contributed by atoms with Gasteiger partial charge in [0.2, 0.25) is 0 Å². The lowest BCUT2D eigenvalue weighted by Crippen LogP contribution is -2.12. The zero-order valence-electron chi connectivity index (χ0n) is 11.4. The molecule has 2 heterocycles. The van der Waals surface area contributed by atoms with E-state index >= 15 is 0 Å². The fourth-order valence-corrected chi connectivity index (χ4v) is 2.73. The van der Waals surface area contributed by atoms with Crippen LogP contribution in [-0.4, -0.2) is 9.97 Å². The Morgan fingerprint density at radius 1 is 1.21 bits per heavy atom. The molecule has 0 bridgehead atoms. The number of nitrogen functional groups attached to an aromatic ring is 1. The quantitative estimate of drug-likeness (QED) is 0.578. The van der Waals surface area contributed by atoms with Crippen molar-refractivity contribution in [2.24, 2.45) is 5.84 Å². The summed E-state index contributed by atoms with van der Waals surface area (Å²) < 4.78 is 0. The monoisotopic (exact) mass is 277 g/mol. The van der Waals surface area contributed by atoms with Gasteiger partial charge in [0.05, 0.1) is 6.54 Å². The normalized spacial score (nSPS) is 10.5. The number of thiophene rings is 1. The Bertz CT molecular complexity index is 522. The number of hydrazine groups is 1. The molecule has 0 fully saturated rings. The van der Waals surface area contributed by atoms with Crippen molar-refractivity contribution in [1.82, 2.24) is 9.97 Å². The van der Waals surface area contributed by atoms with Gasteiger partial charge in [-0.05, 0) is 25.5 Å². The standard InChI is InChI=1S/C13H19N5S/c1-4-11-16-12(6-13(17-11)18-14)15-7-10-5-8(2)9(3)19-10/h5-6H,4,7,14H2,1-3H3,(H2,15,16,17,18). The Kier molecular flexibility index (Phi) is 4.34. The van der Waals surface area contributed by atoms with E-state index in [1.807, 2.05) is 24.3 Å².